The Kier molecular flexibility index (Phi) is 5.78. The number of benzene rings is 1. The van der Waals surface area contributed by atoms with Gasteiger partial charge in [0.15, 0.2) is 0 Å². The third-order valence-corrected chi connectivity index (χ3v) is 5.44. The van der Waals surface area contributed by atoms with E-state index < -0.39 is 10.0 Å². The van der Waals surface area contributed by atoms with Gasteiger partial charge in [0.2, 0.25) is 10.0 Å². The van der Waals surface area contributed by atoms with Gasteiger partial charge in [-0.25, -0.2) is 13.1 Å². The second-order valence-corrected chi connectivity index (χ2v) is 7.66. The van der Waals surface area contributed by atoms with Crippen LogP contribution in [0.5, 0.6) is 0 Å². The van der Waals surface area contributed by atoms with E-state index in [2.05, 4.69) is 36.6 Å². The highest BCUT2D eigenvalue weighted by Crippen LogP contribution is 2.31. The Hall–Kier alpha value is 0.240. The van der Waals surface area contributed by atoms with Crippen molar-refractivity contribution in [3.8, 4) is 0 Å². The Morgan fingerprint density at radius 2 is 2.06 bits per heavy atom. The molecule has 0 fully saturated rings. The van der Waals surface area contributed by atoms with Crippen LogP contribution in [0, 0.1) is 0 Å². The number of sulfonamides is 1. The summed E-state index contributed by atoms with van der Waals surface area (Å²) in [5.41, 5.74) is 5.94. The molecular weight excluding hydrogens is 392 g/mol. The quantitative estimate of drug-likeness (QED) is 0.584. The van der Waals surface area contributed by atoms with Gasteiger partial charge in [-0.05, 0) is 34.3 Å². The van der Waals surface area contributed by atoms with Gasteiger partial charge in [0.1, 0.15) is 4.90 Å². The number of rotatable bonds is 5. The van der Waals surface area contributed by atoms with E-state index in [4.69, 9.17) is 5.73 Å². The summed E-state index contributed by atoms with van der Waals surface area (Å²) in [6.07, 6.45) is 1.91. The standard InChI is InChI=1S/C9H12Br2N2O2S2/c1-16-3-2-13-17(14,15)9-7(11)4-6(10)5-8(9)12/h4-5,13H,2-3,12H2,1H3. The zero-order chi connectivity index (χ0) is 13.1. The van der Waals surface area contributed by atoms with Crippen molar-refractivity contribution in [3.63, 3.8) is 0 Å². The molecule has 0 aliphatic rings. The van der Waals surface area contributed by atoms with Crippen LogP contribution in [0.2, 0.25) is 0 Å². The van der Waals surface area contributed by atoms with E-state index in [0.29, 0.717) is 16.8 Å². The number of anilines is 1. The molecular formula is C9H12Br2N2O2S2. The van der Waals surface area contributed by atoms with Gasteiger partial charge in [0, 0.05) is 21.2 Å². The van der Waals surface area contributed by atoms with E-state index in [0.717, 1.165) is 4.47 Å². The summed E-state index contributed by atoms with van der Waals surface area (Å²) in [5, 5.41) is 0. The molecule has 3 N–H and O–H groups in total. The second-order valence-electron chi connectivity index (χ2n) is 3.20. The predicted molar refractivity (Wildman–Crippen MR) is 79.8 cm³/mol. The van der Waals surface area contributed by atoms with E-state index in [-0.39, 0.29) is 10.6 Å². The summed E-state index contributed by atoms with van der Waals surface area (Å²) in [6, 6.07) is 3.22. The fourth-order valence-electron chi connectivity index (χ4n) is 1.21. The zero-order valence-electron chi connectivity index (χ0n) is 9.04. The molecule has 0 spiro atoms. The predicted octanol–water partition coefficient (Wildman–Crippen LogP) is 2.44. The van der Waals surface area contributed by atoms with Gasteiger partial charge in [-0.3, -0.25) is 0 Å². The molecule has 0 unspecified atom stereocenters. The number of nitrogens with one attached hydrogen (secondary N) is 1. The maximum Gasteiger partial charge on any atom is 0.243 e. The lowest BCUT2D eigenvalue weighted by atomic mass is 10.3. The fraction of sp³-hybridized carbons (Fsp3) is 0.333. The molecule has 0 saturated heterocycles. The van der Waals surface area contributed by atoms with Crippen molar-refractivity contribution in [2.45, 2.75) is 4.90 Å². The Morgan fingerprint density at radius 3 is 2.59 bits per heavy atom. The van der Waals surface area contributed by atoms with Gasteiger partial charge in [0.05, 0.1) is 5.69 Å². The average molecular weight is 404 g/mol. The van der Waals surface area contributed by atoms with Crippen LogP contribution in [-0.4, -0.2) is 27.0 Å². The maximum absolute atomic E-state index is 12.0. The first kappa shape index (κ1) is 15.3. The largest absolute Gasteiger partial charge is 0.398 e. The summed E-state index contributed by atoms with van der Waals surface area (Å²) >= 11 is 8.03. The number of hydrogen-bond acceptors (Lipinski definition) is 4. The van der Waals surface area contributed by atoms with E-state index in [1.54, 1.807) is 23.9 Å². The van der Waals surface area contributed by atoms with Crippen molar-refractivity contribution in [1.82, 2.24) is 4.72 Å². The van der Waals surface area contributed by atoms with E-state index in [1.807, 2.05) is 6.26 Å². The van der Waals surface area contributed by atoms with Crippen molar-refractivity contribution < 1.29 is 8.42 Å². The Bertz CT molecular complexity index is 483. The summed E-state index contributed by atoms with van der Waals surface area (Å²) < 4.78 is 27.7. The van der Waals surface area contributed by atoms with Crippen molar-refractivity contribution in [2.24, 2.45) is 0 Å². The normalized spacial score (nSPS) is 11.7. The Labute approximate surface area is 122 Å². The third kappa shape index (κ3) is 4.13. The lowest BCUT2D eigenvalue weighted by Crippen LogP contribution is -2.27. The molecule has 1 aromatic rings. The highest BCUT2D eigenvalue weighted by atomic mass is 79.9. The Balaban J connectivity index is 3.07. The van der Waals surface area contributed by atoms with Gasteiger partial charge >= 0.3 is 0 Å². The molecule has 0 aromatic heterocycles. The van der Waals surface area contributed by atoms with Crippen molar-refractivity contribution in [3.05, 3.63) is 21.1 Å². The molecule has 0 radical (unpaired) electrons. The average Bonchev–Trinajstić information content (AvgIpc) is 2.15. The lowest BCUT2D eigenvalue weighted by molar-refractivity contribution is 0.584. The van der Waals surface area contributed by atoms with Crippen LogP contribution < -0.4 is 10.5 Å². The van der Waals surface area contributed by atoms with Gasteiger partial charge < -0.3 is 5.73 Å². The molecule has 0 saturated carbocycles. The highest BCUT2D eigenvalue weighted by molar-refractivity contribution is 9.11. The second kappa shape index (κ2) is 6.42. The molecule has 8 heteroatoms. The monoisotopic (exact) mass is 402 g/mol. The van der Waals surface area contributed by atoms with Crippen LogP contribution in [-0.2, 0) is 10.0 Å². The SMILES string of the molecule is CSCCNS(=O)(=O)c1c(N)cc(Br)cc1Br. The molecule has 0 aliphatic heterocycles. The first-order chi connectivity index (χ1) is 7.88. The van der Waals surface area contributed by atoms with Crippen LogP contribution >= 0.6 is 43.6 Å². The molecule has 1 aromatic carbocycles. The zero-order valence-corrected chi connectivity index (χ0v) is 13.8. The first-order valence-corrected chi connectivity index (χ1v) is 9.08. The highest BCUT2D eigenvalue weighted by Gasteiger charge is 2.20. The Morgan fingerprint density at radius 1 is 1.41 bits per heavy atom. The number of hydrogen-bond donors (Lipinski definition) is 2. The molecule has 96 valence electrons. The summed E-state index contributed by atoms with van der Waals surface area (Å²) in [7, 11) is -3.57. The van der Waals surface area contributed by atoms with Crippen molar-refractivity contribution >= 4 is 59.3 Å². The van der Waals surface area contributed by atoms with E-state index >= 15 is 0 Å². The molecule has 0 bridgehead atoms. The first-order valence-electron chi connectivity index (χ1n) is 4.61. The van der Waals surface area contributed by atoms with E-state index in [9.17, 15) is 8.42 Å². The molecule has 17 heavy (non-hydrogen) atoms. The number of nitrogen functional groups attached to an aromatic ring is 1. The van der Waals surface area contributed by atoms with Crippen LogP contribution in [0.1, 0.15) is 0 Å². The van der Waals surface area contributed by atoms with Gasteiger partial charge in [-0.1, -0.05) is 15.9 Å². The van der Waals surface area contributed by atoms with Crippen molar-refractivity contribution in [2.75, 3.05) is 24.3 Å². The minimum Gasteiger partial charge on any atom is -0.398 e. The molecule has 4 nitrogen and oxygen atoms in total. The van der Waals surface area contributed by atoms with Crippen LogP contribution in [0.3, 0.4) is 0 Å². The molecule has 0 aliphatic carbocycles. The van der Waals surface area contributed by atoms with Crippen LogP contribution in [0.15, 0.2) is 26.0 Å². The smallest absolute Gasteiger partial charge is 0.243 e. The maximum atomic E-state index is 12.0. The minimum atomic E-state index is -3.57. The molecule has 1 rings (SSSR count). The summed E-state index contributed by atoms with van der Waals surface area (Å²) in [4.78, 5) is 0.0850. The topological polar surface area (TPSA) is 72.2 Å². The number of nitrogens with two attached hydrogens (primary N) is 1. The van der Waals surface area contributed by atoms with Crippen molar-refractivity contribution in [1.29, 1.82) is 0 Å². The molecule has 0 heterocycles. The lowest BCUT2D eigenvalue weighted by Gasteiger charge is -2.11. The summed E-state index contributed by atoms with van der Waals surface area (Å²) in [6.45, 7) is 0.380. The fourth-order valence-corrected chi connectivity index (χ4v) is 4.75. The van der Waals surface area contributed by atoms with Gasteiger partial charge in [-0.15, -0.1) is 0 Å². The molecule has 0 atom stereocenters. The number of thioether (sulfide) groups is 1. The summed E-state index contributed by atoms with van der Waals surface area (Å²) in [5.74, 6) is 0.716. The number of halogens is 2. The third-order valence-electron chi connectivity index (χ3n) is 1.90. The van der Waals surface area contributed by atoms with Crippen LogP contribution in [0.4, 0.5) is 5.69 Å². The molecule has 0 amide bonds. The van der Waals surface area contributed by atoms with Crippen LogP contribution in [0.25, 0.3) is 0 Å². The minimum absolute atomic E-state index is 0.0850. The van der Waals surface area contributed by atoms with E-state index in [1.165, 1.54) is 0 Å². The van der Waals surface area contributed by atoms with Gasteiger partial charge in [-0.2, -0.15) is 11.8 Å². The van der Waals surface area contributed by atoms with Gasteiger partial charge in [0.25, 0.3) is 0 Å².